The summed E-state index contributed by atoms with van der Waals surface area (Å²) in [7, 11) is 3.99. The average molecular weight is 360 g/mol. The van der Waals surface area contributed by atoms with Gasteiger partial charge in [-0.05, 0) is 42.4 Å². The second-order valence-electron chi connectivity index (χ2n) is 4.98. The van der Waals surface area contributed by atoms with Gasteiger partial charge in [0.15, 0.2) is 0 Å². The van der Waals surface area contributed by atoms with Crippen LogP contribution in [0.15, 0.2) is 0 Å². The molecule has 0 spiro atoms. The van der Waals surface area contributed by atoms with Crippen molar-refractivity contribution >= 4 is 34.4 Å². The molecule has 0 atom stereocenters. The summed E-state index contributed by atoms with van der Waals surface area (Å²) in [6, 6.07) is 0. The summed E-state index contributed by atoms with van der Waals surface area (Å²) >= 11 is 2.39. The molecule has 1 saturated carbocycles. The maximum atomic E-state index is 4.76. The maximum Gasteiger partial charge on any atom is 0.227 e. The number of nitrogens with one attached hydrogen (secondary N) is 1. The molecule has 1 aliphatic rings. The minimum atomic E-state index is 0.621. The summed E-state index contributed by atoms with van der Waals surface area (Å²) in [5.41, 5.74) is 1.24. The van der Waals surface area contributed by atoms with Gasteiger partial charge in [0, 0.05) is 26.6 Å². The van der Waals surface area contributed by atoms with E-state index in [0.717, 1.165) is 18.3 Å². The van der Waals surface area contributed by atoms with Crippen LogP contribution in [0.5, 0.6) is 0 Å². The van der Waals surface area contributed by atoms with E-state index < -0.39 is 0 Å². The van der Waals surface area contributed by atoms with Crippen LogP contribution in [0.1, 0.15) is 44.2 Å². The highest BCUT2D eigenvalue weighted by Crippen LogP contribution is 2.37. The molecule has 1 heterocycles. The van der Waals surface area contributed by atoms with E-state index in [-0.39, 0.29) is 0 Å². The highest BCUT2D eigenvalue weighted by atomic mass is 127. The lowest BCUT2D eigenvalue weighted by atomic mass is 10.0. The lowest BCUT2D eigenvalue weighted by Crippen LogP contribution is -2.17. The molecule has 0 bridgehead atoms. The van der Waals surface area contributed by atoms with Gasteiger partial charge in [0.25, 0.3) is 0 Å². The third kappa shape index (κ3) is 2.87. The van der Waals surface area contributed by atoms with Crippen molar-refractivity contribution in [1.82, 2.24) is 9.97 Å². The van der Waals surface area contributed by atoms with Gasteiger partial charge in [0.1, 0.15) is 5.82 Å². The summed E-state index contributed by atoms with van der Waals surface area (Å²) in [5, 5.41) is 3.35. The van der Waals surface area contributed by atoms with Crippen molar-refractivity contribution in [3.05, 3.63) is 9.26 Å². The van der Waals surface area contributed by atoms with Crippen LogP contribution >= 0.6 is 22.6 Å². The normalized spacial score (nSPS) is 16.0. The molecule has 0 amide bonds. The van der Waals surface area contributed by atoms with Gasteiger partial charge in [-0.25, -0.2) is 4.98 Å². The van der Waals surface area contributed by atoms with Gasteiger partial charge in [-0.3, -0.25) is 0 Å². The molecular formula is C13H21IN4. The van der Waals surface area contributed by atoms with Crippen LogP contribution < -0.4 is 10.2 Å². The molecule has 2 rings (SSSR count). The highest BCUT2D eigenvalue weighted by Gasteiger charge is 2.24. The Labute approximate surface area is 123 Å². The standard InChI is InChI=1S/C13H21IN4/c1-4-15-12-10(14)11(9-7-5-6-8-9)16-13(17-12)18(2)3/h9H,4-8H2,1-3H3,(H,15,16,17). The second-order valence-corrected chi connectivity index (χ2v) is 6.06. The van der Waals surface area contributed by atoms with Gasteiger partial charge in [-0.1, -0.05) is 12.8 Å². The number of anilines is 2. The predicted molar refractivity (Wildman–Crippen MR) is 84.4 cm³/mol. The zero-order valence-electron chi connectivity index (χ0n) is 11.3. The van der Waals surface area contributed by atoms with Crippen LogP contribution in [0, 0.1) is 3.57 Å². The molecule has 5 heteroatoms. The van der Waals surface area contributed by atoms with Crippen molar-refractivity contribution in [3.8, 4) is 0 Å². The largest absolute Gasteiger partial charge is 0.369 e. The number of nitrogens with zero attached hydrogens (tertiary/aromatic N) is 3. The van der Waals surface area contributed by atoms with E-state index in [1.807, 2.05) is 19.0 Å². The molecular weight excluding hydrogens is 339 g/mol. The van der Waals surface area contributed by atoms with Crippen molar-refractivity contribution in [2.24, 2.45) is 0 Å². The molecule has 100 valence electrons. The highest BCUT2D eigenvalue weighted by molar-refractivity contribution is 14.1. The average Bonchev–Trinajstić information content (AvgIpc) is 2.85. The van der Waals surface area contributed by atoms with Crippen molar-refractivity contribution < 1.29 is 0 Å². The van der Waals surface area contributed by atoms with Gasteiger partial charge < -0.3 is 10.2 Å². The lowest BCUT2D eigenvalue weighted by Gasteiger charge is -2.18. The lowest BCUT2D eigenvalue weighted by molar-refractivity contribution is 0.687. The fraction of sp³-hybridized carbons (Fsp3) is 0.692. The molecule has 0 unspecified atom stereocenters. The smallest absolute Gasteiger partial charge is 0.227 e. The van der Waals surface area contributed by atoms with Crippen LogP contribution in [0.4, 0.5) is 11.8 Å². The first-order chi connectivity index (χ1) is 8.63. The summed E-state index contributed by atoms with van der Waals surface area (Å²) in [6.07, 6.45) is 5.20. The molecule has 1 aliphatic carbocycles. The fourth-order valence-electron chi connectivity index (χ4n) is 2.41. The van der Waals surface area contributed by atoms with E-state index in [1.165, 1.54) is 34.9 Å². The Bertz CT molecular complexity index is 414. The molecule has 0 radical (unpaired) electrons. The van der Waals surface area contributed by atoms with E-state index in [4.69, 9.17) is 4.98 Å². The van der Waals surface area contributed by atoms with Gasteiger partial charge in [-0.2, -0.15) is 4.98 Å². The van der Waals surface area contributed by atoms with E-state index in [1.54, 1.807) is 0 Å². The summed E-state index contributed by atoms with van der Waals surface area (Å²) in [4.78, 5) is 11.3. The SMILES string of the molecule is CCNc1nc(N(C)C)nc(C2CCCC2)c1I. The van der Waals surface area contributed by atoms with Crippen LogP contribution in [-0.2, 0) is 0 Å². The topological polar surface area (TPSA) is 41.1 Å². The van der Waals surface area contributed by atoms with Crippen LogP contribution in [0.2, 0.25) is 0 Å². The first-order valence-corrected chi connectivity index (χ1v) is 7.70. The van der Waals surface area contributed by atoms with Crippen molar-refractivity contribution in [3.63, 3.8) is 0 Å². The zero-order chi connectivity index (χ0) is 13.1. The summed E-state index contributed by atoms with van der Waals surface area (Å²) in [6.45, 7) is 2.99. The quantitative estimate of drug-likeness (QED) is 0.837. The van der Waals surface area contributed by atoms with Crippen molar-refractivity contribution in [1.29, 1.82) is 0 Å². The Morgan fingerprint density at radius 2 is 1.94 bits per heavy atom. The Kier molecular flexibility index (Phi) is 4.64. The predicted octanol–water partition coefficient (Wildman–Crippen LogP) is 3.24. The van der Waals surface area contributed by atoms with Gasteiger partial charge in [-0.15, -0.1) is 0 Å². The Balaban J connectivity index is 2.41. The third-order valence-electron chi connectivity index (χ3n) is 3.35. The summed E-state index contributed by atoms with van der Waals surface area (Å²) in [5.74, 6) is 2.42. The fourth-order valence-corrected chi connectivity index (χ4v) is 3.28. The second kappa shape index (κ2) is 6.04. The first-order valence-electron chi connectivity index (χ1n) is 6.62. The molecule has 0 saturated heterocycles. The molecule has 1 fully saturated rings. The third-order valence-corrected chi connectivity index (χ3v) is 4.41. The van der Waals surface area contributed by atoms with Gasteiger partial charge in [0.05, 0.1) is 9.26 Å². The molecule has 0 aromatic carbocycles. The molecule has 4 nitrogen and oxygen atoms in total. The minimum absolute atomic E-state index is 0.621. The molecule has 0 aliphatic heterocycles. The Hall–Kier alpha value is -0.590. The number of hydrogen-bond acceptors (Lipinski definition) is 4. The van der Waals surface area contributed by atoms with Crippen LogP contribution in [-0.4, -0.2) is 30.6 Å². The van der Waals surface area contributed by atoms with Crippen LogP contribution in [0.25, 0.3) is 0 Å². The van der Waals surface area contributed by atoms with Crippen molar-refractivity contribution in [2.75, 3.05) is 30.9 Å². The van der Waals surface area contributed by atoms with E-state index >= 15 is 0 Å². The molecule has 1 aromatic rings. The molecule has 18 heavy (non-hydrogen) atoms. The van der Waals surface area contributed by atoms with Crippen molar-refractivity contribution in [2.45, 2.75) is 38.5 Å². The molecule has 1 N–H and O–H groups in total. The van der Waals surface area contributed by atoms with E-state index in [9.17, 15) is 0 Å². The minimum Gasteiger partial charge on any atom is -0.369 e. The number of halogens is 1. The zero-order valence-corrected chi connectivity index (χ0v) is 13.5. The maximum absolute atomic E-state index is 4.76. The van der Waals surface area contributed by atoms with Gasteiger partial charge >= 0.3 is 0 Å². The Morgan fingerprint density at radius 1 is 1.28 bits per heavy atom. The molecule has 1 aromatic heterocycles. The number of hydrogen-bond donors (Lipinski definition) is 1. The van der Waals surface area contributed by atoms with Gasteiger partial charge in [0.2, 0.25) is 5.95 Å². The van der Waals surface area contributed by atoms with E-state index in [2.05, 4.69) is 39.8 Å². The summed E-state index contributed by atoms with van der Waals surface area (Å²) < 4.78 is 1.20. The monoisotopic (exact) mass is 360 g/mol. The number of aromatic nitrogens is 2. The Morgan fingerprint density at radius 3 is 2.50 bits per heavy atom. The van der Waals surface area contributed by atoms with E-state index in [0.29, 0.717) is 5.92 Å². The van der Waals surface area contributed by atoms with Crippen LogP contribution in [0.3, 0.4) is 0 Å². The first kappa shape index (κ1) is 13.8. The number of rotatable bonds is 4.